The fourth-order valence-corrected chi connectivity index (χ4v) is 2.28. The summed E-state index contributed by atoms with van der Waals surface area (Å²) in [6.07, 6.45) is -0.847. The Morgan fingerprint density at radius 1 is 1.48 bits per heavy atom. The third kappa shape index (κ3) is 4.69. The van der Waals surface area contributed by atoms with E-state index in [1.54, 1.807) is 24.3 Å². The number of ether oxygens (including phenoxy) is 2. The molecule has 0 radical (unpaired) electrons. The molecule has 1 fully saturated rings. The van der Waals surface area contributed by atoms with Crippen LogP contribution in [0.25, 0.3) is 0 Å². The van der Waals surface area contributed by atoms with Gasteiger partial charge in [0, 0.05) is 19.6 Å². The van der Waals surface area contributed by atoms with E-state index in [0.29, 0.717) is 31.0 Å². The van der Waals surface area contributed by atoms with Crippen LogP contribution in [-0.2, 0) is 4.74 Å². The number of para-hydroxylation sites is 1. The molecule has 0 bridgehead atoms. The number of benzene rings is 1. The Bertz CT molecular complexity index is 489. The van der Waals surface area contributed by atoms with Gasteiger partial charge in [0.25, 0.3) is 0 Å². The fraction of sp³-hybridized carbons (Fsp3) is 0.533. The topological polar surface area (TPSA) is 86.0 Å². The molecule has 0 aliphatic carbocycles. The van der Waals surface area contributed by atoms with Crippen LogP contribution in [0.4, 0.5) is 0 Å². The molecule has 114 valence electrons. The zero-order valence-corrected chi connectivity index (χ0v) is 11.8. The molecule has 0 saturated carbocycles. The summed E-state index contributed by atoms with van der Waals surface area (Å²) in [4.78, 5) is 2.04. The Morgan fingerprint density at radius 3 is 3.05 bits per heavy atom. The second-order valence-corrected chi connectivity index (χ2v) is 5.01. The lowest BCUT2D eigenvalue weighted by Gasteiger charge is -2.33. The number of hydrogen-bond acceptors (Lipinski definition) is 6. The van der Waals surface area contributed by atoms with E-state index in [1.807, 2.05) is 4.90 Å². The van der Waals surface area contributed by atoms with Crippen LogP contribution in [0.5, 0.6) is 5.75 Å². The van der Waals surface area contributed by atoms with Crippen molar-refractivity contribution >= 4 is 0 Å². The maximum absolute atomic E-state index is 10.0. The first kappa shape index (κ1) is 15.7. The molecule has 1 saturated heterocycles. The smallest absolute Gasteiger partial charge is 0.137 e. The normalized spacial score (nSPS) is 20.7. The summed E-state index contributed by atoms with van der Waals surface area (Å²) in [5.41, 5.74) is 0.455. The van der Waals surface area contributed by atoms with Gasteiger partial charge in [-0.2, -0.15) is 5.26 Å². The van der Waals surface area contributed by atoms with Gasteiger partial charge in [0.2, 0.25) is 0 Å². The van der Waals surface area contributed by atoms with E-state index < -0.39 is 6.10 Å². The van der Waals surface area contributed by atoms with E-state index in [0.717, 1.165) is 6.54 Å². The lowest BCUT2D eigenvalue weighted by molar-refractivity contribution is -0.0641. The van der Waals surface area contributed by atoms with Gasteiger partial charge in [0.15, 0.2) is 0 Å². The number of nitrogens with zero attached hydrogens (tertiary/aromatic N) is 2. The van der Waals surface area contributed by atoms with E-state index >= 15 is 0 Å². The number of aliphatic hydroxyl groups is 2. The molecule has 6 nitrogen and oxygen atoms in total. The van der Waals surface area contributed by atoms with Crippen LogP contribution in [-0.4, -0.2) is 66.8 Å². The highest BCUT2D eigenvalue weighted by Crippen LogP contribution is 2.16. The van der Waals surface area contributed by atoms with Gasteiger partial charge in [-0.15, -0.1) is 0 Å². The Labute approximate surface area is 124 Å². The molecule has 2 atom stereocenters. The van der Waals surface area contributed by atoms with Crippen molar-refractivity contribution in [2.24, 2.45) is 0 Å². The lowest BCUT2D eigenvalue weighted by Crippen LogP contribution is -2.47. The molecule has 21 heavy (non-hydrogen) atoms. The number of rotatable bonds is 6. The fourth-order valence-electron chi connectivity index (χ4n) is 2.28. The second kappa shape index (κ2) is 7.96. The van der Waals surface area contributed by atoms with E-state index in [-0.39, 0.29) is 19.3 Å². The van der Waals surface area contributed by atoms with Crippen LogP contribution in [0.15, 0.2) is 24.3 Å². The first-order valence-electron chi connectivity index (χ1n) is 6.97. The van der Waals surface area contributed by atoms with Crippen molar-refractivity contribution < 1.29 is 19.7 Å². The molecule has 2 unspecified atom stereocenters. The molecule has 1 aromatic carbocycles. The number of nitriles is 1. The maximum atomic E-state index is 10.0. The zero-order chi connectivity index (χ0) is 15.1. The molecular weight excluding hydrogens is 272 g/mol. The molecule has 0 spiro atoms. The van der Waals surface area contributed by atoms with Gasteiger partial charge in [-0.1, -0.05) is 12.1 Å². The van der Waals surface area contributed by atoms with Crippen molar-refractivity contribution in [3.8, 4) is 11.8 Å². The zero-order valence-electron chi connectivity index (χ0n) is 11.8. The quantitative estimate of drug-likeness (QED) is 0.767. The number of morpholine rings is 1. The van der Waals surface area contributed by atoms with Gasteiger partial charge < -0.3 is 19.7 Å². The van der Waals surface area contributed by atoms with Crippen LogP contribution in [0.2, 0.25) is 0 Å². The summed E-state index contributed by atoms with van der Waals surface area (Å²) in [5, 5.41) is 28.1. The summed E-state index contributed by atoms with van der Waals surface area (Å²) < 4.78 is 10.9. The number of hydrogen-bond donors (Lipinski definition) is 2. The van der Waals surface area contributed by atoms with Gasteiger partial charge in [0.1, 0.15) is 24.5 Å². The monoisotopic (exact) mass is 292 g/mol. The van der Waals surface area contributed by atoms with Crippen molar-refractivity contribution in [3.63, 3.8) is 0 Å². The average molecular weight is 292 g/mol. The molecule has 1 aliphatic heterocycles. The Kier molecular flexibility index (Phi) is 5.96. The van der Waals surface area contributed by atoms with E-state index in [2.05, 4.69) is 6.07 Å². The summed E-state index contributed by atoms with van der Waals surface area (Å²) in [5.74, 6) is 0.481. The predicted octanol–water partition coefficient (Wildman–Crippen LogP) is -0.00892. The van der Waals surface area contributed by atoms with Crippen molar-refractivity contribution in [1.29, 1.82) is 5.26 Å². The lowest BCUT2D eigenvalue weighted by atomic mass is 10.2. The minimum Gasteiger partial charge on any atom is -0.489 e. The minimum absolute atomic E-state index is 0.0152. The van der Waals surface area contributed by atoms with Gasteiger partial charge >= 0.3 is 0 Å². The molecule has 1 aliphatic rings. The second-order valence-electron chi connectivity index (χ2n) is 5.01. The van der Waals surface area contributed by atoms with E-state index in [4.69, 9.17) is 19.8 Å². The molecule has 6 heteroatoms. The van der Waals surface area contributed by atoms with Crippen LogP contribution in [0, 0.1) is 11.3 Å². The Balaban J connectivity index is 1.79. The molecule has 0 aromatic heterocycles. The van der Waals surface area contributed by atoms with Crippen LogP contribution >= 0.6 is 0 Å². The molecular formula is C15H20N2O4. The van der Waals surface area contributed by atoms with E-state index in [1.165, 1.54) is 0 Å². The maximum Gasteiger partial charge on any atom is 0.137 e. The highest BCUT2D eigenvalue weighted by atomic mass is 16.5. The Morgan fingerprint density at radius 2 is 2.29 bits per heavy atom. The standard InChI is InChI=1S/C15H20N2O4/c16-7-12-3-1-2-4-15(12)21-11-13(19)8-17-5-6-20-14(9-17)10-18/h1-4,13-14,18-19H,5-6,8-11H2. The summed E-state index contributed by atoms with van der Waals surface area (Å²) in [7, 11) is 0. The molecule has 0 amide bonds. The highest BCUT2D eigenvalue weighted by Gasteiger charge is 2.21. The summed E-state index contributed by atoms with van der Waals surface area (Å²) in [6.45, 7) is 2.44. The third-order valence-electron chi connectivity index (χ3n) is 3.33. The van der Waals surface area contributed by atoms with Gasteiger partial charge in [0.05, 0.1) is 24.9 Å². The highest BCUT2D eigenvalue weighted by molar-refractivity contribution is 5.42. The first-order valence-corrected chi connectivity index (χ1v) is 6.97. The summed E-state index contributed by atoms with van der Waals surface area (Å²) >= 11 is 0. The summed E-state index contributed by atoms with van der Waals surface area (Å²) in [6, 6.07) is 9.00. The third-order valence-corrected chi connectivity index (χ3v) is 3.33. The van der Waals surface area contributed by atoms with Gasteiger partial charge in [-0.25, -0.2) is 0 Å². The largest absolute Gasteiger partial charge is 0.489 e. The van der Waals surface area contributed by atoms with Crippen LogP contribution < -0.4 is 4.74 Å². The van der Waals surface area contributed by atoms with Crippen molar-refractivity contribution in [1.82, 2.24) is 4.90 Å². The molecule has 2 N–H and O–H groups in total. The minimum atomic E-state index is -0.658. The SMILES string of the molecule is N#Cc1ccccc1OCC(O)CN1CCOC(CO)C1. The van der Waals surface area contributed by atoms with Gasteiger partial charge in [-0.05, 0) is 12.1 Å². The van der Waals surface area contributed by atoms with Crippen molar-refractivity contribution in [2.45, 2.75) is 12.2 Å². The van der Waals surface area contributed by atoms with Crippen LogP contribution in [0.1, 0.15) is 5.56 Å². The van der Waals surface area contributed by atoms with Crippen molar-refractivity contribution in [3.05, 3.63) is 29.8 Å². The number of β-amino-alcohol motifs (C(OH)–C–C–N with tert-alkyl or cyclic N) is 1. The average Bonchev–Trinajstić information content (AvgIpc) is 2.53. The Hall–Kier alpha value is -1.65. The van der Waals surface area contributed by atoms with Crippen molar-refractivity contribution in [2.75, 3.05) is 39.5 Å². The van der Waals surface area contributed by atoms with E-state index in [9.17, 15) is 5.11 Å². The molecule has 2 rings (SSSR count). The van der Waals surface area contributed by atoms with Crippen LogP contribution in [0.3, 0.4) is 0 Å². The predicted molar refractivity (Wildman–Crippen MR) is 75.9 cm³/mol. The van der Waals surface area contributed by atoms with Gasteiger partial charge in [-0.3, -0.25) is 4.90 Å². The number of aliphatic hydroxyl groups excluding tert-OH is 2. The molecule has 1 heterocycles. The first-order chi connectivity index (χ1) is 10.2. The molecule has 1 aromatic rings.